The minimum atomic E-state index is -0.352. The van der Waals surface area contributed by atoms with Crippen LogP contribution < -0.4 is 16.4 Å². The molecule has 0 spiro atoms. The van der Waals surface area contributed by atoms with Gasteiger partial charge in [-0.2, -0.15) is 0 Å². The lowest BCUT2D eigenvalue weighted by Crippen LogP contribution is -2.47. The van der Waals surface area contributed by atoms with Gasteiger partial charge in [-0.25, -0.2) is 13.8 Å². The van der Waals surface area contributed by atoms with E-state index < -0.39 is 0 Å². The van der Waals surface area contributed by atoms with Crippen LogP contribution in [-0.2, 0) is 17.8 Å². The third-order valence-electron chi connectivity index (χ3n) is 4.47. The highest BCUT2D eigenvalue weighted by Crippen LogP contribution is 2.35. The van der Waals surface area contributed by atoms with Gasteiger partial charge in [-0.1, -0.05) is 0 Å². The summed E-state index contributed by atoms with van der Waals surface area (Å²) >= 11 is 1.27. The fraction of sp³-hybridized carbons (Fsp3) is 0.438. The minimum absolute atomic E-state index is 0.0962. The van der Waals surface area contributed by atoms with E-state index in [-0.39, 0.29) is 29.5 Å². The number of thiophene rings is 1. The molecule has 2 aromatic rings. The molecule has 5 nitrogen and oxygen atoms in total. The van der Waals surface area contributed by atoms with Gasteiger partial charge in [0.25, 0.3) is 0 Å². The van der Waals surface area contributed by atoms with Crippen molar-refractivity contribution in [1.29, 1.82) is 0 Å². The molecule has 0 saturated carbocycles. The predicted octanol–water partition coefficient (Wildman–Crippen LogP) is 2.22. The van der Waals surface area contributed by atoms with E-state index in [9.17, 15) is 8.78 Å². The molecule has 1 fully saturated rings. The van der Waals surface area contributed by atoms with Crippen molar-refractivity contribution in [1.82, 2.24) is 10.3 Å². The van der Waals surface area contributed by atoms with Crippen LogP contribution in [0.2, 0.25) is 0 Å². The number of nitrogens with zero attached hydrogens (tertiary/aromatic N) is 1. The van der Waals surface area contributed by atoms with E-state index >= 15 is 0 Å². The first-order chi connectivity index (χ1) is 11.6. The van der Waals surface area contributed by atoms with Gasteiger partial charge in [0.1, 0.15) is 5.82 Å². The maximum Gasteiger partial charge on any atom is 0.170 e. The average molecular weight is 352 g/mol. The Labute approximate surface area is 142 Å². The molecule has 0 unspecified atom stereocenters. The largest absolute Gasteiger partial charge is 0.380 e. The van der Waals surface area contributed by atoms with Crippen molar-refractivity contribution in [3.05, 3.63) is 34.2 Å². The molecule has 2 atom stereocenters. The summed E-state index contributed by atoms with van der Waals surface area (Å²) in [7, 11) is 0. The van der Waals surface area contributed by atoms with E-state index in [1.807, 2.05) is 0 Å². The Balaban J connectivity index is 1.74. The second-order valence-corrected chi connectivity index (χ2v) is 7.00. The van der Waals surface area contributed by atoms with Gasteiger partial charge in [-0.3, -0.25) is 0 Å². The van der Waals surface area contributed by atoms with Crippen LogP contribution in [-0.4, -0.2) is 30.3 Å². The number of fused-ring (bicyclic) bond motifs is 1. The number of rotatable bonds is 3. The van der Waals surface area contributed by atoms with Gasteiger partial charge < -0.3 is 21.1 Å². The molecule has 2 aliphatic rings. The molecular formula is C16H18F2N4OS. The third-order valence-corrected chi connectivity index (χ3v) is 5.38. The van der Waals surface area contributed by atoms with Crippen LogP contribution in [0.3, 0.4) is 0 Å². The zero-order chi connectivity index (χ0) is 16.7. The lowest BCUT2D eigenvalue weighted by Gasteiger charge is -2.30. The summed E-state index contributed by atoms with van der Waals surface area (Å²) in [5, 5.41) is 7.71. The molecule has 2 aliphatic heterocycles. The Morgan fingerprint density at radius 1 is 1.33 bits per heavy atom. The summed E-state index contributed by atoms with van der Waals surface area (Å²) in [4.78, 5) is 5.18. The van der Waals surface area contributed by atoms with E-state index in [1.54, 1.807) is 0 Å². The van der Waals surface area contributed by atoms with Crippen LogP contribution in [0.25, 0.3) is 10.6 Å². The van der Waals surface area contributed by atoms with E-state index in [2.05, 4.69) is 15.6 Å². The van der Waals surface area contributed by atoms with Crippen molar-refractivity contribution in [2.75, 3.05) is 18.5 Å². The molecule has 0 radical (unpaired) electrons. The Morgan fingerprint density at radius 2 is 2.17 bits per heavy atom. The standard InChI is InChI=1S/C16H18F2N4OS/c17-8-3-13(24-7-8)15-10-5-20-4-9(10)14(18)16(22-15)21-12-1-2-23-6-11(12)19/h3,7,11-12,20H,1-2,4-6,19H2,(H,21,22)/t11-,12+/m0/s1. The number of nitrogens with two attached hydrogens (primary N) is 1. The second kappa shape index (κ2) is 6.36. The van der Waals surface area contributed by atoms with Crippen LogP contribution in [0.4, 0.5) is 14.6 Å². The van der Waals surface area contributed by atoms with Crippen LogP contribution in [0.15, 0.2) is 11.4 Å². The first-order valence-corrected chi connectivity index (χ1v) is 8.77. The fourth-order valence-electron chi connectivity index (χ4n) is 3.19. The van der Waals surface area contributed by atoms with Crippen molar-refractivity contribution >= 4 is 17.2 Å². The fourth-order valence-corrected chi connectivity index (χ4v) is 3.95. The molecule has 0 aromatic carbocycles. The summed E-state index contributed by atoms with van der Waals surface area (Å²) < 4.78 is 33.6. The van der Waals surface area contributed by atoms with Gasteiger partial charge >= 0.3 is 0 Å². The number of hydrogen-bond donors (Lipinski definition) is 3. The quantitative estimate of drug-likeness (QED) is 0.790. The number of pyridine rings is 1. The lowest BCUT2D eigenvalue weighted by molar-refractivity contribution is 0.0751. The van der Waals surface area contributed by atoms with Gasteiger partial charge in [0.15, 0.2) is 11.6 Å². The van der Waals surface area contributed by atoms with E-state index in [4.69, 9.17) is 10.5 Å². The van der Waals surface area contributed by atoms with Crippen molar-refractivity contribution in [3.8, 4) is 10.6 Å². The maximum atomic E-state index is 14.8. The zero-order valence-electron chi connectivity index (χ0n) is 12.9. The highest BCUT2D eigenvalue weighted by atomic mass is 32.1. The average Bonchev–Trinajstić information content (AvgIpc) is 3.21. The summed E-state index contributed by atoms with van der Waals surface area (Å²) in [5.74, 6) is -0.472. The molecule has 24 heavy (non-hydrogen) atoms. The number of ether oxygens (including phenoxy) is 1. The molecule has 0 amide bonds. The van der Waals surface area contributed by atoms with E-state index in [1.165, 1.54) is 22.8 Å². The number of nitrogens with one attached hydrogen (secondary N) is 2. The number of hydrogen-bond acceptors (Lipinski definition) is 6. The molecule has 4 N–H and O–H groups in total. The van der Waals surface area contributed by atoms with Crippen molar-refractivity contribution in [2.24, 2.45) is 5.73 Å². The van der Waals surface area contributed by atoms with Crippen LogP contribution >= 0.6 is 11.3 Å². The SMILES string of the molecule is N[C@H]1COCC[C@H]1Nc1nc(-c2cc(F)cs2)c2c(c1F)CNC2. The molecule has 8 heteroatoms. The highest BCUT2D eigenvalue weighted by molar-refractivity contribution is 7.13. The topological polar surface area (TPSA) is 72.2 Å². The molecule has 4 rings (SSSR count). The molecule has 4 heterocycles. The van der Waals surface area contributed by atoms with Crippen molar-refractivity contribution in [2.45, 2.75) is 31.6 Å². The van der Waals surface area contributed by atoms with Crippen LogP contribution in [0, 0.1) is 11.6 Å². The summed E-state index contributed by atoms with van der Waals surface area (Å²) in [5.41, 5.74) is 8.07. The summed E-state index contributed by atoms with van der Waals surface area (Å²) in [6, 6.07) is 1.13. The van der Waals surface area contributed by atoms with Crippen LogP contribution in [0.5, 0.6) is 0 Å². The number of anilines is 1. The van der Waals surface area contributed by atoms with E-state index in [0.29, 0.717) is 48.9 Å². The van der Waals surface area contributed by atoms with Gasteiger partial charge in [0.05, 0.1) is 17.2 Å². The second-order valence-electron chi connectivity index (χ2n) is 6.09. The molecule has 0 aliphatic carbocycles. The molecular weight excluding hydrogens is 334 g/mol. The predicted molar refractivity (Wildman–Crippen MR) is 88.8 cm³/mol. The Bertz CT molecular complexity index is 767. The van der Waals surface area contributed by atoms with Crippen LogP contribution in [0.1, 0.15) is 17.5 Å². The molecule has 128 valence electrons. The summed E-state index contributed by atoms with van der Waals surface area (Å²) in [6.45, 7) is 2.00. The number of aromatic nitrogens is 1. The molecule has 1 saturated heterocycles. The number of halogens is 2. The Kier molecular flexibility index (Phi) is 4.21. The lowest BCUT2D eigenvalue weighted by atomic mass is 10.0. The monoisotopic (exact) mass is 352 g/mol. The Morgan fingerprint density at radius 3 is 2.92 bits per heavy atom. The van der Waals surface area contributed by atoms with E-state index in [0.717, 1.165) is 5.56 Å². The summed E-state index contributed by atoms with van der Waals surface area (Å²) in [6.07, 6.45) is 0.695. The first-order valence-electron chi connectivity index (χ1n) is 7.89. The minimum Gasteiger partial charge on any atom is -0.380 e. The Hall–Kier alpha value is -1.61. The third kappa shape index (κ3) is 2.79. The highest BCUT2D eigenvalue weighted by Gasteiger charge is 2.28. The van der Waals surface area contributed by atoms with Crippen molar-refractivity contribution in [3.63, 3.8) is 0 Å². The molecule has 2 aromatic heterocycles. The van der Waals surface area contributed by atoms with Gasteiger partial charge in [-0.05, 0) is 12.5 Å². The smallest absolute Gasteiger partial charge is 0.170 e. The zero-order valence-corrected chi connectivity index (χ0v) is 13.8. The van der Waals surface area contributed by atoms with Crippen molar-refractivity contribution < 1.29 is 13.5 Å². The first kappa shape index (κ1) is 15.9. The van der Waals surface area contributed by atoms with Gasteiger partial charge in [-0.15, -0.1) is 11.3 Å². The normalized spacial score (nSPS) is 23.3. The maximum absolute atomic E-state index is 14.8. The molecule has 0 bridgehead atoms. The van der Waals surface area contributed by atoms with Gasteiger partial charge in [0.2, 0.25) is 0 Å². The van der Waals surface area contributed by atoms with Gasteiger partial charge in [0, 0.05) is 48.3 Å².